The van der Waals surface area contributed by atoms with Crippen molar-refractivity contribution >= 4 is 5.69 Å². The van der Waals surface area contributed by atoms with E-state index in [1.165, 1.54) is 16.8 Å². The van der Waals surface area contributed by atoms with Gasteiger partial charge in [-0.05, 0) is 56.5 Å². The standard InChI is InChI=1S/C18H30N2O/c1-14(2)11-19-12-16-6-7-17(10-15(16)3)20-8-9-21-18(4,5)13-20/h6-7,10,14,19H,8-9,11-13H2,1-5H3. The molecule has 1 aromatic rings. The van der Waals surface area contributed by atoms with E-state index in [1.54, 1.807) is 0 Å². The Morgan fingerprint density at radius 3 is 2.71 bits per heavy atom. The van der Waals surface area contributed by atoms with Gasteiger partial charge in [-0.1, -0.05) is 19.9 Å². The zero-order chi connectivity index (χ0) is 15.5. The van der Waals surface area contributed by atoms with E-state index >= 15 is 0 Å². The molecule has 1 aliphatic rings. The van der Waals surface area contributed by atoms with Gasteiger partial charge in [-0.3, -0.25) is 0 Å². The predicted molar refractivity (Wildman–Crippen MR) is 90.0 cm³/mol. The molecular weight excluding hydrogens is 260 g/mol. The number of benzene rings is 1. The Kier molecular flexibility index (Phi) is 5.28. The lowest BCUT2D eigenvalue weighted by molar-refractivity contribution is -0.0276. The van der Waals surface area contributed by atoms with Crippen LogP contribution >= 0.6 is 0 Å². The molecule has 0 atom stereocenters. The van der Waals surface area contributed by atoms with Gasteiger partial charge in [0.25, 0.3) is 0 Å². The van der Waals surface area contributed by atoms with Gasteiger partial charge in [-0.25, -0.2) is 0 Å². The van der Waals surface area contributed by atoms with Crippen LogP contribution in [0.2, 0.25) is 0 Å². The number of hydrogen-bond donors (Lipinski definition) is 1. The van der Waals surface area contributed by atoms with Crippen LogP contribution in [-0.2, 0) is 11.3 Å². The Hall–Kier alpha value is -1.06. The number of nitrogens with zero attached hydrogens (tertiary/aromatic N) is 1. The minimum atomic E-state index is -0.0519. The predicted octanol–water partition coefficient (Wildman–Crippen LogP) is 3.36. The van der Waals surface area contributed by atoms with Crippen molar-refractivity contribution in [2.24, 2.45) is 5.92 Å². The summed E-state index contributed by atoms with van der Waals surface area (Å²) in [5.41, 5.74) is 4.03. The van der Waals surface area contributed by atoms with Crippen molar-refractivity contribution in [3.05, 3.63) is 29.3 Å². The van der Waals surface area contributed by atoms with Crippen LogP contribution in [0.25, 0.3) is 0 Å². The Balaban J connectivity index is 2.01. The molecule has 0 amide bonds. The molecule has 1 heterocycles. The SMILES string of the molecule is Cc1cc(N2CCOC(C)(C)C2)ccc1CNCC(C)C. The van der Waals surface area contributed by atoms with Gasteiger partial charge in [0.1, 0.15) is 0 Å². The van der Waals surface area contributed by atoms with Gasteiger partial charge >= 0.3 is 0 Å². The second-order valence-corrected chi connectivity index (χ2v) is 7.17. The number of nitrogens with one attached hydrogen (secondary N) is 1. The van der Waals surface area contributed by atoms with Gasteiger partial charge in [-0.2, -0.15) is 0 Å². The summed E-state index contributed by atoms with van der Waals surface area (Å²) in [7, 11) is 0. The molecule has 0 aromatic heterocycles. The highest BCUT2D eigenvalue weighted by Crippen LogP contribution is 2.25. The van der Waals surface area contributed by atoms with Gasteiger partial charge in [0.05, 0.1) is 12.2 Å². The quantitative estimate of drug-likeness (QED) is 0.900. The van der Waals surface area contributed by atoms with Crippen LogP contribution in [0.5, 0.6) is 0 Å². The summed E-state index contributed by atoms with van der Waals surface area (Å²) < 4.78 is 5.79. The fourth-order valence-electron chi connectivity index (χ4n) is 2.81. The molecule has 0 spiro atoms. The van der Waals surface area contributed by atoms with Crippen molar-refractivity contribution < 1.29 is 4.74 Å². The van der Waals surface area contributed by atoms with Crippen LogP contribution < -0.4 is 10.2 Å². The minimum absolute atomic E-state index is 0.0519. The molecule has 1 aromatic carbocycles. The maximum atomic E-state index is 5.79. The zero-order valence-corrected chi connectivity index (χ0v) is 14.2. The molecule has 21 heavy (non-hydrogen) atoms. The van der Waals surface area contributed by atoms with Gasteiger partial charge in [0.2, 0.25) is 0 Å². The third-order valence-electron chi connectivity index (χ3n) is 3.99. The second kappa shape index (κ2) is 6.80. The molecule has 0 radical (unpaired) electrons. The van der Waals surface area contributed by atoms with E-state index in [4.69, 9.17) is 4.74 Å². The Labute approximate surface area is 129 Å². The van der Waals surface area contributed by atoms with E-state index in [0.29, 0.717) is 5.92 Å². The summed E-state index contributed by atoms with van der Waals surface area (Å²) in [6.45, 7) is 15.8. The molecule has 0 unspecified atom stereocenters. The van der Waals surface area contributed by atoms with Crippen molar-refractivity contribution in [1.29, 1.82) is 0 Å². The molecule has 0 saturated carbocycles. The third-order valence-corrected chi connectivity index (χ3v) is 3.99. The number of rotatable bonds is 5. The summed E-state index contributed by atoms with van der Waals surface area (Å²) in [5, 5.41) is 3.52. The normalized spacial score (nSPS) is 18.3. The van der Waals surface area contributed by atoms with Crippen LogP contribution in [0.15, 0.2) is 18.2 Å². The van der Waals surface area contributed by atoms with Crippen LogP contribution in [-0.4, -0.2) is 31.8 Å². The molecule has 3 nitrogen and oxygen atoms in total. The summed E-state index contributed by atoms with van der Waals surface area (Å²) in [6, 6.07) is 6.83. The Morgan fingerprint density at radius 1 is 1.33 bits per heavy atom. The molecule has 0 aliphatic carbocycles. The van der Waals surface area contributed by atoms with Gasteiger partial charge in [0.15, 0.2) is 0 Å². The molecule has 2 rings (SSSR count). The van der Waals surface area contributed by atoms with Crippen molar-refractivity contribution in [3.63, 3.8) is 0 Å². The first-order valence-electron chi connectivity index (χ1n) is 8.06. The number of aryl methyl sites for hydroxylation is 1. The average Bonchev–Trinajstić information content (AvgIpc) is 2.39. The van der Waals surface area contributed by atoms with Crippen molar-refractivity contribution in [2.75, 3.05) is 31.1 Å². The smallest absolute Gasteiger partial charge is 0.0801 e. The van der Waals surface area contributed by atoms with Crippen LogP contribution in [0, 0.1) is 12.8 Å². The number of hydrogen-bond acceptors (Lipinski definition) is 3. The van der Waals surface area contributed by atoms with Gasteiger partial charge in [-0.15, -0.1) is 0 Å². The molecule has 118 valence electrons. The summed E-state index contributed by atoms with van der Waals surface area (Å²) in [5.74, 6) is 0.695. The van der Waals surface area contributed by atoms with Crippen LogP contribution in [0.1, 0.15) is 38.8 Å². The van der Waals surface area contributed by atoms with E-state index in [0.717, 1.165) is 32.8 Å². The zero-order valence-electron chi connectivity index (χ0n) is 14.2. The minimum Gasteiger partial charge on any atom is -0.372 e. The fourth-order valence-corrected chi connectivity index (χ4v) is 2.81. The monoisotopic (exact) mass is 290 g/mol. The highest BCUT2D eigenvalue weighted by atomic mass is 16.5. The topological polar surface area (TPSA) is 24.5 Å². The number of morpholine rings is 1. The summed E-state index contributed by atoms with van der Waals surface area (Å²) in [4.78, 5) is 2.43. The molecule has 1 fully saturated rings. The number of ether oxygens (including phenoxy) is 1. The maximum absolute atomic E-state index is 5.79. The lowest BCUT2D eigenvalue weighted by Crippen LogP contribution is -2.48. The van der Waals surface area contributed by atoms with Gasteiger partial charge < -0.3 is 15.0 Å². The van der Waals surface area contributed by atoms with Crippen LogP contribution in [0.3, 0.4) is 0 Å². The molecule has 1 saturated heterocycles. The molecule has 0 bridgehead atoms. The second-order valence-electron chi connectivity index (χ2n) is 7.17. The van der Waals surface area contributed by atoms with Crippen molar-refractivity contribution in [1.82, 2.24) is 5.32 Å². The fraction of sp³-hybridized carbons (Fsp3) is 0.667. The first-order chi connectivity index (χ1) is 9.87. The number of anilines is 1. The molecule has 3 heteroatoms. The molecule has 1 N–H and O–H groups in total. The van der Waals surface area contributed by atoms with E-state index in [1.807, 2.05) is 0 Å². The first kappa shape index (κ1) is 16.3. The Morgan fingerprint density at radius 2 is 2.10 bits per heavy atom. The van der Waals surface area contributed by atoms with E-state index < -0.39 is 0 Å². The van der Waals surface area contributed by atoms with Crippen molar-refractivity contribution in [3.8, 4) is 0 Å². The van der Waals surface area contributed by atoms with E-state index in [9.17, 15) is 0 Å². The third kappa shape index (κ3) is 4.72. The molecular formula is C18H30N2O. The Bertz CT molecular complexity index is 468. The highest BCUT2D eigenvalue weighted by molar-refractivity contribution is 5.51. The largest absolute Gasteiger partial charge is 0.372 e. The maximum Gasteiger partial charge on any atom is 0.0801 e. The lowest BCUT2D eigenvalue weighted by Gasteiger charge is -2.39. The van der Waals surface area contributed by atoms with E-state index in [-0.39, 0.29) is 5.60 Å². The summed E-state index contributed by atoms with van der Waals surface area (Å²) in [6.07, 6.45) is 0. The van der Waals surface area contributed by atoms with Gasteiger partial charge in [0, 0.05) is 25.3 Å². The average molecular weight is 290 g/mol. The van der Waals surface area contributed by atoms with E-state index in [2.05, 4.69) is 63.0 Å². The first-order valence-corrected chi connectivity index (χ1v) is 8.06. The highest BCUT2D eigenvalue weighted by Gasteiger charge is 2.27. The molecule has 1 aliphatic heterocycles. The van der Waals surface area contributed by atoms with Crippen LogP contribution in [0.4, 0.5) is 5.69 Å². The lowest BCUT2D eigenvalue weighted by atomic mass is 10.0. The van der Waals surface area contributed by atoms with Crippen molar-refractivity contribution in [2.45, 2.75) is 46.8 Å². The summed E-state index contributed by atoms with van der Waals surface area (Å²) >= 11 is 0.